The Morgan fingerprint density at radius 2 is 2.33 bits per heavy atom. The van der Waals surface area contributed by atoms with Crippen molar-refractivity contribution in [2.45, 2.75) is 6.92 Å². The number of carbonyl (C=O) groups excluding carboxylic acids is 1. The van der Waals surface area contributed by atoms with E-state index in [4.69, 9.17) is 4.74 Å². The summed E-state index contributed by atoms with van der Waals surface area (Å²) in [4.78, 5) is 10.6. The smallest absolute Gasteiger partial charge is 0.153 e. The average molecular weight is 276 g/mol. The highest BCUT2D eigenvalue weighted by Crippen LogP contribution is 2.19. The minimum Gasteiger partial charge on any atom is -0.493 e. The molecular weight excluding hydrogens is 267 g/mol. The fourth-order valence-electron chi connectivity index (χ4n) is 0.898. The van der Waals surface area contributed by atoms with E-state index in [1.54, 1.807) is 6.07 Å². The Hall–Kier alpha value is -0.580. The number of ether oxygens (including phenoxy) is 1. The molecule has 0 aromatic heterocycles. The van der Waals surface area contributed by atoms with Gasteiger partial charge in [0.05, 0.1) is 12.2 Å². The van der Waals surface area contributed by atoms with Crippen molar-refractivity contribution in [3.8, 4) is 5.75 Å². The largest absolute Gasteiger partial charge is 0.493 e. The molecule has 0 radical (unpaired) electrons. The van der Waals surface area contributed by atoms with Crippen molar-refractivity contribution in [3.63, 3.8) is 0 Å². The van der Waals surface area contributed by atoms with E-state index < -0.39 is 0 Å². The van der Waals surface area contributed by atoms with Gasteiger partial charge in [0.1, 0.15) is 5.75 Å². The first-order valence-corrected chi connectivity index (χ1v) is 4.73. The normalized spacial score (nSPS) is 9.50. The van der Waals surface area contributed by atoms with Crippen LogP contribution in [0, 0.1) is 3.57 Å². The van der Waals surface area contributed by atoms with E-state index in [2.05, 4.69) is 22.6 Å². The van der Waals surface area contributed by atoms with Crippen molar-refractivity contribution in [1.82, 2.24) is 0 Å². The van der Waals surface area contributed by atoms with Gasteiger partial charge in [-0.3, -0.25) is 4.79 Å². The van der Waals surface area contributed by atoms with Crippen LogP contribution in [0.5, 0.6) is 5.75 Å². The highest BCUT2D eigenvalue weighted by molar-refractivity contribution is 14.1. The number of benzene rings is 1. The molecule has 1 aromatic rings. The molecule has 0 aliphatic rings. The Balaban J connectivity index is 3.02. The number of rotatable bonds is 3. The lowest BCUT2D eigenvalue weighted by Gasteiger charge is -2.05. The first-order chi connectivity index (χ1) is 5.77. The molecule has 2 nitrogen and oxygen atoms in total. The number of halogens is 1. The van der Waals surface area contributed by atoms with E-state index in [0.29, 0.717) is 17.9 Å². The van der Waals surface area contributed by atoms with Crippen molar-refractivity contribution >= 4 is 28.9 Å². The minimum absolute atomic E-state index is 0.585. The van der Waals surface area contributed by atoms with Crippen molar-refractivity contribution in [1.29, 1.82) is 0 Å². The van der Waals surface area contributed by atoms with Crippen molar-refractivity contribution in [2.24, 2.45) is 0 Å². The monoisotopic (exact) mass is 276 g/mol. The van der Waals surface area contributed by atoms with Gasteiger partial charge in [-0.2, -0.15) is 0 Å². The molecule has 0 bridgehead atoms. The maximum Gasteiger partial charge on any atom is 0.153 e. The van der Waals surface area contributed by atoms with Crippen LogP contribution >= 0.6 is 22.6 Å². The van der Waals surface area contributed by atoms with Crippen LogP contribution in [0.1, 0.15) is 17.3 Å². The number of carbonyl (C=O) groups is 1. The second-order valence-corrected chi connectivity index (χ2v) is 3.48. The molecule has 64 valence electrons. The molecule has 0 saturated carbocycles. The van der Waals surface area contributed by atoms with E-state index in [1.165, 1.54) is 0 Å². The van der Waals surface area contributed by atoms with Crippen LogP contribution in [0.3, 0.4) is 0 Å². The summed E-state index contributed by atoms with van der Waals surface area (Å²) in [6.07, 6.45) is 0.813. The zero-order chi connectivity index (χ0) is 8.97. The first-order valence-electron chi connectivity index (χ1n) is 3.65. The van der Waals surface area contributed by atoms with Gasteiger partial charge in [-0.1, -0.05) is 0 Å². The van der Waals surface area contributed by atoms with Gasteiger partial charge in [-0.05, 0) is 47.7 Å². The summed E-state index contributed by atoms with van der Waals surface area (Å²) in [6, 6.07) is 5.53. The number of aldehydes is 1. The summed E-state index contributed by atoms with van der Waals surface area (Å²) in [7, 11) is 0. The number of hydrogen-bond acceptors (Lipinski definition) is 2. The Bertz CT molecular complexity index is 284. The van der Waals surface area contributed by atoms with Crippen molar-refractivity contribution in [2.75, 3.05) is 6.61 Å². The third-order valence-electron chi connectivity index (χ3n) is 1.40. The molecule has 1 aromatic carbocycles. The van der Waals surface area contributed by atoms with Gasteiger partial charge in [0.25, 0.3) is 0 Å². The van der Waals surface area contributed by atoms with Crippen molar-refractivity contribution < 1.29 is 9.53 Å². The van der Waals surface area contributed by atoms with Crippen LogP contribution < -0.4 is 4.74 Å². The summed E-state index contributed by atoms with van der Waals surface area (Å²) in [6.45, 7) is 2.48. The minimum atomic E-state index is 0.585. The molecule has 0 amide bonds. The van der Waals surface area contributed by atoms with Crippen LogP contribution in [-0.4, -0.2) is 12.9 Å². The standard InChI is InChI=1S/C9H9IO2/c1-2-12-9-4-3-8(10)5-7(9)6-11/h3-6H,2H2,1H3. The van der Waals surface area contributed by atoms with Crippen LogP contribution in [-0.2, 0) is 0 Å². The average Bonchev–Trinajstić information content (AvgIpc) is 2.08. The fraction of sp³-hybridized carbons (Fsp3) is 0.222. The Kier molecular flexibility index (Phi) is 3.52. The maximum absolute atomic E-state index is 10.6. The summed E-state index contributed by atoms with van der Waals surface area (Å²) in [5, 5.41) is 0. The molecule has 0 atom stereocenters. The molecule has 0 fully saturated rings. The second-order valence-electron chi connectivity index (χ2n) is 2.23. The van der Waals surface area contributed by atoms with Gasteiger partial charge in [-0.25, -0.2) is 0 Å². The molecule has 0 aliphatic heterocycles. The van der Waals surface area contributed by atoms with E-state index >= 15 is 0 Å². The highest BCUT2D eigenvalue weighted by atomic mass is 127. The first kappa shape index (κ1) is 9.51. The van der Waals surface area contributed by atoms with Gasteiger partial charge in [0.2, 0.25) is 0 Å². The van der Waals surface area contributed by atoms with Crippen LogP contribution in [0.25, 0.3) is 0 Å². The van der Waals surface area contributed by atoms with Gasteiger partial charge in [-0.15, -0.1) is 0 Å². The molecule has 3 heteroatoms. The Morgan fingerprint density at radius 1 is 1.58 bits per heavy atom. The molecule has 0 aliphatic carbocycles. The lowest BCUT2D eigenvalue weighted by molar-refractivity contribution is 0.112. The van der Waals surface area contributed by atoms with Crippen molar-refractivity contribution in [3.05, 3.63) is 27.3 Å². The molecular formula is C9H9IO2. The van der Waals surface area contributed by atoms with E-state index in [0.717, 1.165) is 9.86 Å². The third-order valence-corrected chi connectivity index (χ3v) is 2.07. The summed E-state index contributed by atoms with van der Waals surface area (Å²) >= 11 is 2.16. The quantitative estimate of drug-likeness (QED) is 0.626. The predicted molar refractivity (Wildman–Crippen MR) is 55.7 cm³/mol. The van der Waals surface area contributed by atoms with E-state index in [-0.39, 0.29) is 0 Å². The summed E-state index contributed by atoms with van der Waals surface area (Å²) in [5.74, 6) is 0.660. The maximum atomic E-state index is 10.6. The molecule has 0 spiro atoms. The van der Waals surface area contributed by atoms with E-state index in [1.807, 2.05) is 19.1 Å². The topological polar surface area (TPSA) is 26.3 Å². The summed E-state index contributed by atoms with van der Waals surface area (Å²) < 4.78 is 6.29. The third kappa shape index (κ3) is 2.20. The van der Waals surface area contributed by atoms with Gasteiger partial charge >= 0.3 is 0 Å². The van der Waals surface area contributed by atoms with Gasteiger partial charge in [0.15, 0.2) is 6.29 Å². The molecule has 12 heavy (non-hydrogen) atoms. The predicted octanol–water partition coefficient (Wildman–Crippen LogP) is 2.50. The molecule has 0 N–H and O–H groups in total. The second kappa shape index (κ2) is 4.45. The zero-order valence-corrected chi connectivity index (χ0v) is 8.87. The Morgan fingerprint density at radius 3 is 2.92 bits per heavy atom. The van der Waals surface area contributed by atoms with Gasteiger partial charge in [0, 0.05) is 3.57 Å². The molecule has 1 rings (SSSR count). The molecule has 0 saturated heterocycles. The molecule has 0 heterocycles. The highest BCUT2D eigenvalue weighted by Gasteiger charge is 2.01. The van der Waals surface area contributed by atoms with Crippen LogP contribution in [0.4, 0.5) is 0 Å². The van der Waals surface area contributed by atoms with Crippen LogP contribution in [0.2, 0.25) is 0 Å². The molecule has 0 unspecified atom stereocenters. The SMILES string of the molecule is CCOc1ccc(I)cc1C=O. The van der Waals surface area contributed by atoms with Crippen LogP contribution in [0.15, 0.2) is 18.2 Å². The lowest BCUT2D eigenvalue weighted by atomic mass is 10.2. The number of hydrogen-bond donors (Lipinski definition) is 0. The van der Waals surface area contributed by atoms with Gasteiger partial charge < -0.3 is 4.74 Å². The zero-order valence-electron chi connectivity index (χ0n) is 6.71. The summed E-state index contributed by atoms with van der Waals surface area (Å²) in [5.41, 5.74) is 0.615. The van der Waals surface area contributed by atoms with E-state index in [9.17, 15) is 4.79 Å². The Labute approximate surface area is 85.1 Å². The lowest BCUT2D eigenvalue weighted by Crippen LogP contribution is -1.95. The fourth-order valence-corrected chi connectivity index (χ4v) is 1.41.